The molecule has 0 aliphatic carbocycles. The molecule has 2 atom stereocenters. The number of allylic oxidation sites excluding steroid dienone is 1. The summed E-state index contributed by atoms with van der Waals surface area (Å²) in [4.78, 5) is 24.0. The van der Waals surface area contributed by atoms with Gasteiger partial charge in [-0.05, 0) is 25.2 Å². The molecule has 1 aromatic rings. The van der Waals surface area contributed by atoms with Crippen LogP contribution >= 0.6 is 0 Å². The lowest BCUT2D eigenvalue weighted by Crippen LogP contribution is -2.46. The predicted molar refractivity (Wildman–Crippen MR) is 100.0 cm³/mol. The van der Waals surface area contributed by atoms with E-state index in [4.69, 9.17) is 0 Å². The molecule has 0 aromatic heterocycles. The van der Waals surface area contributed by atoms with Crippen LogP contribution in [0.15, 0.2) is 43.0 Å². The highest BCUT2D eigenvalue weighted by molar-refractivity contribution is 6.43. The van der Waals surface area contributed by atoms with Gasteiger partial charge in [-0.25, -0.2) is 0 Å². The van der Waals surface area contributed by atoms with Crippen molar-refractivity contribution < 1.29 is 19.6 Å². The molecule has 0 saturated heterocycles. The summed E-state index contributed by atoms with van der Waals surface area (Å²) in [5.74, 6) is -0.774. The third-order valence-corrected chi connectivity index (χ3v) is 4.33. The fourth-order valence-corrected chi connectivity index (χ4v) is 2.66. The Bertz CT molecular complexity index is 548. The number of hydrogen-bond acceptors (Lipinski definition) is 4. The van der Waals surface area contributed by atoms with Crippen LogP contribution in [0.2, 0.25) is 0 Å². The van der Waals surface area contributed by atoms with Gasteiger partial charge in [0.15, 0.2) is 5.78 Å². The number of amides is 1. The molecule has 0 saturated carbocycles. The maximum absolute atomic E-state index is 12.0. The fraction of sp³-hybridized carbons (Fsp3) is 0.474. The van der Waals surface area contributed by atoms with Gasteiger partial charge in [0.1, 0.15) is 0 Å². The van der Waals surface area contributed by atoms with E-state index in [1.54, 1.807) is 24.3 Å². The largest absolute Gasteiger partial charge is 0.475 e. The summed E-state index contributed by atoms with van der Waals surface area (Å²) in [5, 5.41) is 21.5. The van der Waals surface area contributed by atoms with Crippen molar-refractivity contribution in [2.75, 3.05) is 0 Å². The van der Waals surface area contributed by atoms with Gasteiger partial charge in [0, 0.05) is 18.4 Å². The van der Waals surface area contributed by atoms with Crippen LogP contribution in [-0.2, 0) is 4.79 Å². The monoisotopic (exact) mass is 345 g/mol. The predicted octanol–water partition coefficient (Wildman–Crippen LogP) is 2.53. The number of rotatable bonds is 12. The zero-order chi connectivity index (χ0) is 18.7. The van der Waals surface area contributed by atoms with Gasteiger partial charge < -0.3 is 15.4 Å². The van der Waals surface area contributed by atoms with E-state index in [-0.39, 0.29) is 24.5 Å². The van der Waals surface area contributed by atoms with Crippen molar-refractivity contribution in [1.29, 1.82) is 0 Å². The zero-order valence-corrected chi connectivity index (χ0v) is 14.9. The molecular formula is C19H28BNO4. The Morgan fingerprint density at radius 3 is 2.44 bits per heavy atom. The molecular weight excluding hydrogens is 317 g/mol. The number of hydrogen-bond donors (Lipinski definition) is 3. The first kappa shape index (κ1) is 21.1. The zero-order valence-electron chi connectivity index (χ0n) is 14.9. The second-order valence-corrected chi connectivity index (χ2v) is 6.21. The van der Waals surface area contributed by atoms with E-state index in [0.29, 0.717) is 17.9 Å². The van der Waals surface area contributed by atoms with E-state index < -0.39 is 13.1 Å². The van der Waals surface area contributed by atoms with Gasteiger partial charge in [0.05, 0.1) is 5.94 Å². The highest BCUT2D eigenvalue weighted by Crippen LogP contribution is 2.15. The number of carbonyl (C=O) groups excluding carboxylic acids is 2. The second kappa shape index (κ2) is 11.6. The first-order valence-electron chi connectivity index (χ1n) is 8.84. The number of benzene rings is 1. The quantitative estimate of drug-likeness (QED) is 0.309. The average Bonchev–Trinajstić information content (AvgIpc) is 2.62. The van der Waals surface area contributed by atoms with E-state index in [2.05, 4.69) is 18.8 Å². The molecule has 5 nitrogen and oxygen atoms in total. The second-order valence-electron chi connectivity index (χ2n) is 6.21. The molecule has 0 aliphatic rings. The van der Waals surface area contributed by atoms with Gasteiger partial charge in [-0.15, -0.1) is 6.58 Å². The van der Waals surface area contributed by atoms with Crippen molar-refractivity contribution in [3.05, 3.63) is 48.6 Å². The molecule has 0 fully saturated rings. The summed E-state index contributed by atoms with van der Waals surface area (Å²) < 4.78 is 0. The summed E-state index contributed by atoms with van der Waals surface area (Å²) in [7, 11) is -1.61. The van der Waals surface area contributed by atoms with Gasteiger partial charge in [-0.1, -0.05) is 49.8 Å². The molecule has 0 bridgehead atoms. The normalized spacial score (nSPS) is 12.9. The Hall–Kier alpha value is -1.92. The van der Waals surface area contributed by atoms with Crippen molar-refractivity contribution in [2.24, 2.45) is 5.92 Å². The van der Waals surface area contributed by atoms with Gasteiger partial charge in [-0.3, -0.25) is 9.59 Å². The molecule has 0 radical (unpaired) electrons. The minimum Gasteiger partial charge on any atom is -0.426 e. The molecule has 0 aliphatic heterocycles. The van der Waals surface area contributed by atoms with Crippen LogP contribution in [-0.4, -0.2) is 34.8 Å². The average molecular weight is 345 g/mol. The molecule has 2 unspecified atom stereocenters. The van der Waals surface area contributed by atoms with Crippen LogP contribution in [0.25, 0.3) is 0 Å². The molecule has 0 heterocycles. The highest BCUT2D eigenvalue weighted by atomic mass is 16.4. The Balaban J connectivity index is 2.40. The Labute approximate surface area is 150 Å². The van der Waals surface area contributed by atoms with Crippen LogP contribution in [0.4, 0.5) is 0 Å². The van der Waals surface area contributed by atoms with E-state index in [1.165, 1.54) is 0 Å². The highest BCUT2D eigenvalue weighted by Gasteiger charge is 2.25. The van der Waals surface area contributed by atoms with E-state index in [1.807, 2.05) is 12.1 Å². The van der Waals surface area contributed by atoms with E-state index in [0.717, 1.165) is 19.3 Å². The number of Topliss-reactive ketones (excluding diaryl/α,β-unsaturated/α-hetero) is 1. The summed E-state index contributed by atoms with van der Waals surface area (Å²) in [5.41, 5.74) is 0.573. The van der Waals surface area contributed by atoms with Crippen LogP contribution < -0.4 is 5.32 Å². The minimum absolute atomic E-state index is 0.0290. The lowest BCUT2D eigenvalue weighted by Gasteiger charge is -2.18. The first-order chi connectivity index (χ1) is 12.0. The van der Waals surface area contributed by atoms with Crippen LogP contribution in [0.5, 0.6) is 0 Å². The summed E-state index contributed by atoms with van der Waals surface area (Å²) >= 11 is 0. The Morgan fingerprint density at radius 2 is 1.88 bits per heavy atom. The maximum Gasteiger partial charge on any atom is 0.475 e. The van der Waals surface area contributed by atoms with Crippen molar-refractivity contribution in [1.82, 2.24) is 5.32 Å². The number of nitrogens with one attached hydrogen (secondary N) is 1. The first-order valence-corrected chi connectivity index (χ1v) is 8.84. The van der Waals surface area contributed by atoms with E-state index in [9.17, 15) is 19.6 Å². The standard InChI is InChI=1S/C19H28BNO4/c1-3-15(4-2)9-8-12-18(20(24)25)21-19(23)14-13-17(22)16-10-6-5-7-11-16/h3,5-7,10-11,15,18,24-25H,1,4,8-9,12-14H2,2H3,(H,21,23). The lowest BCUT2D eigenvalue weighted by atomic mass is 9.76. The summed E-state index contributed by atoms with van der Waals surface area (Å²) in [6.07, 6.45) is 5.14. The maximum atomic E-state index is 12.0. The topological polar surface area (TPSA) is 86.6 Å². The Morgan fingerprint density at radius 1 is 1.20 bits per heavy atom. The minimum atomic E-state index is -1.61. The summed E-state index contributed by atoms with van der Waals surface area (Å²) in [6, 6.07) is 8.80. The molecule has 1 rings (SSSR count). The van der Waals surface area contributed by atoms with E-state index >= 15 is 0 Å². The van der Waals surface area contributed by atoms with Crippen molar-refractivity contribution in [3.8, 4) is 0 Å². The smallest absolute Gasteiger partial charge is 0.426 e. The SMILES string of the molecule is C=CC(CC)CCCC(NC(=O)CCC(=O)c1ccccc1)B(O)O. The van der Waals surface area contributed by atoms with Crippen molar-refractivity contribution >= 4 is 18.8 Å². The molecule has 3 N–H and O–H groups in total. The fourth-order valence-electron chi connectivity index (χ4n) is 2.66. The Kier molecular flexibility index (Phi) is 9.81. The lowest BCUT2D eigenvalue weighted by molar-refractivity contribution is -0.121. The number of carbonyl (C=O) groups is 2. The molecule has 136 valence electrons. The van der Waals surface area contributed by atoms with Gasteiger partial charge in [0.25, 0.3) is 0 Å². The third kappa shape index (κ3) is 8.14. The molecule has 1 aromatic carbocycles. The van der Waals surface area contributed by atoms with Crippen molar-refractivity contribution in [2.45, 2.75) is 51.4 Å². The van der Waals surface area contributed by atoms with Gasteiger partial charge >= 0.3 is 7.12 Å². The summed E-state index contributed by atoms with van der Waals surface area (Å²) in [6.45, 7) is 5.86. The van der Waals surface area contributed by atoms with Crippen molar-refractivity contribution in [3.63, 3.8) is 0 Å². The molecule has 25 heavy (non-hydrogen) atoms. The molecule has 6 heteroatoms. The van der Waals surface area contributed by atoms with Crippen LogP contribution in [0.1, 0.15) is 55.8 Å². The number of ketones is 1. The molecule has 1 amide bonds. The van der Waals surface area contributed by atoms with Gasteiger partial charge in [0.2, 0.25) is 5.91 Å². The van der Waals surface area contributed by atoms with Crippen LogP contribution in [0, 0.1) is 5.92 Å². The van der Waals surface area contributed by atoms with Crippen LogP contribution in [0.3, 0.4) is 0 Å². The van der Waals surface area contributed by atoms with Gasteiger partial charge in [-0.2, -0.15) is 0 Å². The third-order valence-electron chi connectivity index (χ3n) is 4.33. The molecule has 0 spiro atoms.